The highest BCUT2D eigenvalue weighted by molar-refractivity contribution is 6.04. The predicted octanol–water partition coefficient (Wildman–Crippen LogP) is 9.18. The Labute approximate surface area is 222 Å². The fourth-order valence-electron chi connectivity index (χ4n) is 6.50. The van der Waals surface area contributed by atoms with Crippen molar-refractivity contribution in [1.29, 1.82) is 0 Å². The molecule has 8 rings (SSSR count). The van der Waals surface area contributed by atoms with Crippen molar-refractivity contribution in [3.8, 4) is 16.8 Å². The summed E-state index contributed by atoms with van der Waals surface area (Å²) in [6.45, 7) is 0. The number of anilines is 2. The van der Waals surface area contributed by atoms with E-state index < -0.39 is 0 Å². The molecule has 2 aliphatic rings. The molecule has 2 heterocycles. The Morgan fingerprint density at radius 1 is 0.553 bits per heavy atom. The molecular formula is C36H26N2. The number of fused-ring (bicyclic) bond motifs is 8. The van der Waals surface area contributed by atoms with Crippen LogP contribution in [0, 0.1) is 0 Å². The highest BCUT2D eigenvalue weighted by atomic mass is 15.2. The second-order valence-electron chi connectivity index (χ2n) is 10.2. The lowest BCUT2D eigenvalue weighted by Gasteiger charge is -2.36. The summed E-state index contributed by atoms with van der Waals surface area (Å²) in [5.41, 5.74) is 8.86. The molecule has 0 amide bonds. The first kappa shape index (κ1) is 21.3. The van der Waals surface area contributed by atoms with Crippen LogP contribution in [-0.4, -0.2) is 10.6 Å². The second kappa shape index (κ2) is 8.36. The minimum Gasteiger partial charge on any atom is -0.333 e. The molecule has 1 aliphatic carbocycles. The van der Waals surface area contributed by atoms with Gasteiger partial charge >= 0.3 is 0 Å². The van der Waals surface area contributed by atoms with Gasteiger partial charge in [0.15, 0.2) is 0 Å². The fourth-order valence-corrected chi connectivity index (χ4v) is 6.50. The smallest absolute Gasteiger partial charge is 0.0643 e. The Morgan fingerprint density at radius 2 is 1.29 bits per heavy atom. The standard InChI is InChI=1S/C36H26N2/c1-2-14-27(15-3-1)38-33-20-10-7-17-30(33)35-29-16-6-9-19-32(29)37(34-21-11-8-18-31(34)36(35)38)28-23-22-25-12-4-5-13-26(25)24-28/h1-24,31,34H. The number of hydrogen-bond donors (Lipinski definition) is 0. The minimum absolute atomic E-state index is 0.135. The van der Waals surface area contributed by atoms with E-state index in [2.05, 4.69) is 155 Å². The van der Waals surface area contributed by atoms with E-state index >= 15 is 0 Å². The molecule has 1 aliphatic heterocycles. The van der Waals surface area contributed by atoms with Crippen molar-refractivity contribution in [2.75, 3.05) is 4.90 Å². The van der Waals surface area contributed by atoms with Crippen LogP contribution in [0.4, 0.5) is 11.4 Å². The summed E-state index contributed by atoms with van der Waals surface area (Å²) in [6.07, 6.45) is 9.19. The van der Waals surface area contributed by atoms with E-state index in [1.54, 1.807) is 0 Å². The van der Waals surface area contributed by atoms with Crippen molar-refractivity contribution in [3.63, 3.8) is 0 Å². The zero-order valence-corrected chi connectivity index (χ0v) is 20.9. The lowest BCUT2D eigenvalue weighted by molar-refractivity contribution is 0.672. The van der Waals surface area contributed by atoms with Crippen molar-refractivity contribution in [2.45, 2.75) is 12.0 Å². The van der Waals surface area contributed by atoms with E-state index in [-0.39, 0.29) is 12.0 Å². The van der Waals surface area contributed by atoms with Crippen molar-refractivity contribution in [3.05, 3.63) is 151 Å². The second-order valence-corrected chi connectivity index (χ2v) is 10.2. The van der Waals surface area contributed by atoms with E-state index in [0.29, 0.717) is 0 Å². The van der Waals surface area contributed by atoms with Crippen molar-refractivity contribution >= 4 is 33.1 Å². The third-order valence-corrected chi connectivity index (χ3v) is 8.09. The normalized spacial score (nSPS) is 17.7. The average Bonchev–Trinajstić information content (AvgIpc) is 3.27. The number of hydrogen-bond acceptors (Lipinski definition) is 1. The van der Waals surface area contributed by atoms with Gasteiger partial charge in [-0.25, -0.2) is 0 Å². The number of benzene rings is 5. The molecule has 2 heteroatoms. The number of nitrogens with zero attached hydrogens (tertiary/aromatic N) is 2. The molecule has 5 aromatic carbocycles. The van der Waals surface area contributed by atoms with E-state index in [0.717, 1.165) is 0 Å². The molecule has 180 valence electrons. The van der Waals surface area contributed by atoms with E-state index in [4.69, 9.17) is 0 Å². The van der Waals surface area contributed by atoms with Gasteiger partial charge in [0.25, 0.3) is 0 Å². The largest absolute Gasteiger partial charge is 0.333 e. The number of aromatic nitrogens is 1. The average molecular weight is 487 g/mol. The molecule has 0 N–H and O–H groups in total. The van der Waals surface area contributed by atoms with Crippen LogP contribution in [0.3, 0.4) is 0 Å². The first-order valence-electron chi connectivity index (χ1n) is 13.3. The van der Waals surface area contributed by atoms with Gasteiger partial charge in [-0.3, -0.25) is 0 Å². The molecule has 2 atom stereocenters. The lowest BCUT2D eigenvalue weighted by Crippen LogP contribution is -2.35. The zero-order chi connectivity index (χ0) is 25.1. The van der Waals surface area contributed by atoms with Crippen LogP contribution in [0.5, 0.6) is 0 Å². The van der Waals surface area contributed by atoms with Gasteiger partial charge in [-0.15, -0.1) is 0 Å². The Morgan fingerprint density at radius 3 is 2.21 bits per heavy atom. The maximum atomic E-state index is 2.55. The van der Waals surface area contributed by atoms with Gasteiger partial charge in [-0.1, -0.05) is 109 Å². The summed E-state index contributed by atoms with van der Waals surface area (Å²) in [5, 5.41) is 3.82. The first-order valence-corrected chi connectivity index (χ1v) is 13.3. The predicted molar refractivity (Wildman–Crippen MR) is 160 cm³/mol. The molecule has 2 nitrogen and oxygen atoms in total. The molecule has 0 radical (unpaired) electrons. The monoisotopic (exact) mass is 486 g/mol. The summed E-state index contributed by atoms with van der Waals surface area (Å²) >= 11 is 0. The van der Waals surface area contributed by atoms with Gasteiger partial charge in [-0.2, -0.15) is 0 Å². The minimum atomic E-state index is 0.135. The van der Waals surface area contributed by atoms with Gasteiger partial charge in [0.2, 0.25) is 0 Å². The molecule has 38 heavy (non-hydrogen) atoms. The van der Waals surface area contributed by atoms with E-state index in [9.17, 15) is 0 Å². The highest BCUT2D eigenvalue weighted by Crippen LogP contribution is 2.52. The van der Waals surface area contributed by atoms with Gasteiger partial charge in [-0.05, 0) is 47.2 Å². The highest BCUT2D eigenvalue weighted by Gasteiger charge is 2.38. The summed E-state index contributed by atoms with van der Waals surface area (Å²) in [7, 11) is 0. The number of allylic oxidation sites excluding steroid dienone is 2. The van der Waals surface area contributed by atoms with E-state index in [1.165, 1.54) is 55.6 Å². The third kappa shape index (κ3) is 3.07. The Kier molecular flexibility index (Phi) is 4.68. The molecular weight excluding hydrogens is 460 g/mol. The third-order valence-electron chi connectivity index (χ3n) is 8.09. The topological polar surface area (TPSA) is 8.17 Å². The summed E-state index contributed by atoms with van der Waals surface area (Å²) in [6, 6.07) is 44.3. The van der Waals surface area contributed by atoms with Crippen LogP contribution in [0.25, 0.3) is 38.5 Å². The summed E-state index contributed by atoms with van der Waals surface area (Å²) < 4.78 is 2.49. The lowest BCUT2D eigenvalue weighted by atomic mass is 9.88. The Balaban J connectivity index is 1.48. The van der Waals surface area contributed by atoms with E-state index in [1.807, 2.05) is 0 Å². The molecule has 0 saturated heterocycles. The molecule has 0 spiro atoms. The molecule has 2 unspecified atom stereocenters. The zero-order valence-electron chi connectivity index (χ0n) is 20.9. The van der Waals surface area contributed by atoms with Crippen LogP contribution in [-0.2, 0) is 0 Å². The van der Waals surface area contributed by atoms with Gasteiger partial charge in [0.1, 0.15) is 0 Å². The molecule has 0 bridgehead atoms. The van der Waals surface area contributed by atoms with Crippen LogP contribution in [0.15, 0.2) is 146 Å². The molecule has 6 aromatic rings. The van der Waals surface area contributed by atoms with Crippen LogP contribution < -0.4 is 4.90 Å². The quantitative estimate of drug-likeness (QED) is 0.237. The molecule has 0 saturated carbocycles. The van der Waals surface area contributed by atoms with Gasteiger partial charge in [0, 0.05) is 45.2 Å². The number of para-hydroxylation sites is 3. The Bertz CT molecular complexity index is 1890. The van der Waals surface area contributed by atoms with Crippen LogP contribution in [0.1, 0.15) is 11.6 Å². The maximum absolute atomic E-state index is 2.55. The summed E-state index contributed by atoms with van der Waals surface area (Å²) in [5.74, 6) is 0.168. The van der Waals surface area contributed by atoms with Crippen molar-refractivity contribution < 1.29 is 0 Å². The van der Waals surface area contributed by atoms with Gasteiger partial charge in [0.05, 0.1) is 11.6 Å². The van der Waals surface area contributed by atoms with Crippen molar-refractivity contribution in [1.82, 2.24) is 4.57 Å². The summed E-state index contributed by atoms with van der Waals surface area (Å²) in [4.78, 5) is 2.55. The molecule has 0 fully saturated rings. The first-order chi connectivity index (χ1) is 18.9. The van der Waals surface area contributed by atoms with Crippen LogP contribution >= 0.6 is 0 Å². The van der Waals surface area contributed by atoms with Gasteiger partial charge < -0.3 is 9.47 Å². The SMILES string of the molecule is C1=CC2c3c(c4ccccc4n3-c3ccccc3)-c3ccccc3N(c3ccc4ccccc4c3)C2C=C1. The fraction of sp³-hybridized carbons (Fsp3) is 0.0556. The number of rotatable bonds is 2. The molecule has 1 aromatic heterocycles. The maximum Gasteiger partial charge on any atom is 0.0643 e. The Hall–Kier alpha value is -4.82. The van der Waals surface area contributed by atoms with Crippen molar-refractivity contribution in [2.24, 2.45) is 0 Å². The van der Waals surface area contributed by atoms with Crippen LogP contribution in [0.2, 0.25) is 0 Å².